The number of pyridine rings is 2. The number of benzene rings is 1. The second kappa shape index (κ2) is 10.7. The molecule has 1 amide bonds. The number of nitrogens with zero attached hydrogens (tertiary/aromatic N) is 4. The Morgan fingerprint density at radius 1 is 1.11 bits per heavy atom. The van der Waals surface area contributed by atoms with Crippen LogP contribution in [0.15, 0.2) is 76.7 Å². The Balaban J connectivity index is 2.01. The molecule has 0 N–H and O–H groups in total. The molecule has 0 spiro atoms. The Morgan fingerprint density at radius 2 is 1.89 bits per heavy atom. The average molecular weight is 473 g/mol. The molecule has 35 heavy (non-hydrogen) atoms. The van der Waals surface area contributed by atoms with Gasteiger partial charge in [-0.25, -0.2) is 9.78 Å². The SMILES string of the molecule is CCOC(=O)c1cc2c(=O)n3ccccc3nc2n(CCOC)c1=NC(=O)/C=C/c1ccccc1. The first-order valence-electron chi connectivity index (χ1n) is 11.1. The fourth-order valence-corrected chi connectivity index (χ4v) is 3.63. The number of aromatic nitrogens is 3. The molecule has 3 aromatic heterocycles. The smallest absolute Gasteiger partial charge is 0.341 e. The molecule has 0 atom stereocenters. The van der Waals surface area contributed by atoms with Crippen LogP contribution in [0.1, 0.15) is 22.8 Å². The summed E-state index contributed by atoms with van der Waals surface area (Å²) in [5.74, 6) is -1.28. The zero-order chi connectivity index (χ0) is 24.8. The molecule has 3 heterocycles. The monoisotopic (exact) mass is 472 g/mol. The number of amides is 1. The van der Waals surface area contributed by atoms with Crippen LogP contribution in [0.5, 0.6) is 0 Å². The third kappa shape index (κ3) is 5.10. The predicted octanol–water partition coefficient (Wildman–Crippen LogP) is 2.61. The van der Waals surface area contributed by atoms with E-state index in [4.69, 9.17) is 9.47 Å². The first-order chi connectivity index (χ1) is 17.0. The highest BCUT2D eigenvalue weighted by atomic mass is 16.5. The lowest BCUT2D eigenvalue weighted by Crippen LogP contribution is -2.33. The zero-order valence-electron chi connectivity index (χ0n) is 19.4. The largest absolute Gasteiger partial charge is 0.462 e. The molecule has 0 bridgehead atoms. The minimum Gasteiger partial charge on any atom is -0.462 e. The maximum absolute atomic E-state index is 13.3. The number of ether oxygens (including phenoxy) is 2. The molecule has 0 saturated carbocycles. The molecule has 0 saturated heterocycles. The van der Waals surface area contributed by atoms with Crippen LogP contribution in [0.3, 0.4) is 0 Å². The van der Waals surface area contributed by atoms with Crippen molar-refractivity contribution >= 4 is 34.6 Å². The van der Waals surface area contributed by atoms with Gasteiger partial charge >= 0.3 is 5.97 Å². The van der Waals surface area contributed by atoms with E-state index in [2.05, 4.69) is 9.98 Å². The second-order valence-electron chi connectivity index (χ2n) is 7.52. The predicted molar refractivity (Wildman–Crippen MR) is 131 cm³/mol. The lowest BCUT2D eigenvalue weighted by Gasteiger charge is -2.14. The van der Waals surface area contributed by atoms with Crippen molar-refractivity contribution < 1.29 is 19.1 Å². The molecule has 0 fully saturated rings. The Labute approximate surface area is 200 Å². The Bertz CT molecular complexity index is 1550. The first-order valence-corrected chi connectivity index (χ1v) is 11.1. The van der Waals surface area contributed by atoms with E-state index in [1.807, 2.05) is 30.3 Å². The molecular formula is C26H24N4O5. The fraction of sp³-hybridized carbons (Fsp3) is 0.192. The lowest BCUT2D eigenvalue weighted by atomic mass is 10.2. The van der Waals surface area contributed by atoms with E-state index in [-0.39, 0.29) is 47.4 Å². The van der Waals surface area contributed by atoms with Gasteiger partial charge in [0.2, 0.25) is 0 Å². The standard InChI is InChI=1S/C26H24N4O5/c1-3-35-26(33)20-17-19-23(27-21-11-7-8-14-29(21)25(19)32)30(15-16-34-2)24(20)28-22(31)13-12-18-9-5-4-6-10-18/h4-14,17H,3,15-16H2,1-2H3/b13-12+,28-24?. The van der Waals surface area contributed by atoms with Crippen LogP contribution in [-0.4, -0.2) is 46.2 Å². The number of esters is 1. The van der Waals surface area contributed by atoms with E-state index in [9.17, 15) is 14.4 Å². The maximum atomic E-state index is 13.3. The van der Waals surface area contributed by atoms with E-state index >= 15 is 0 Å². The van der Waals surface area contributed by atoms with Gasteiger partial charge in [-0.1, -0.05) is 36.4 Å². The van der Waals surface area contributed by atoms with E-state index in [0.717, 1.165) is 5.56 Å². The molecular weight excluding hydrogens is 448 g/mol. The molecule has 9 heteroatoms. The second-order valence-corrected chi connectivity index (χ2v) is 7.52. The van der Waals surface area contributed by atoms with Crippen molar-refractivity contribution in [1.29, 1.82) is 0 Å². The number of methoxy groups -OCH3 is 1. The molecule has 0 unspecified atom stereocenters. The zero-order valence-corrected chi connectivity index (χ0v) is 19.4. The summed E-state index contributed by atoms with van der Waals surface area (Å²) in [6.07, 6.45) is 4.55. The highest BCUT2D eigenvalue weighted by Gasteiger charge is 2.19. The minimum atomic E-state index is -0.697. The van der Waals surface area contributed by atoms with Gasteiger partial charge in [0.15, 0.2) is 5.49 Å². The van der Waals surface area contributed by atoms with Crippen LogP contribution in [-0.2, 0) is 20.8 Å². The Kier molecular flexibility index (Phi) is 7.27. The summed E-state index contributed by atoms with van der Waals surface area (Å²) in [6.45, 7) is 2.22. The molecule has 4 rings (SSSR count). The number of fused-ring (bicyclic) bond motifs is 2. The van der Waals surface area contributed by atoms with E-state index in [1.165, 1.54) is 23.7 Å². The van der Waals surface area contributed by atoms with E-state index in [1.54, 1.807) is 42.0 Å². The molecule has 9 nitrogen and oxygen atoms in total. The number of hydrogen-bond acceptors (Lipinski definition) is 6. The summed E-state index contributed by atoms with van der Waals surface area (Å²) >= 11 is 0. The molecule has 0 aliphatic heterocycles. The summed E-state index contributed by atoms with van der Waals surface area (Å²) in [7, 11) is 1.53. The van der Waals surface area contributed by atoms with Crippen LogP contribution in [0.2, 0.25) is 0 Å². The average Bonchev–Trinajstić information content (AvgIpc) is 2.87. The number of carbonyl (C=O) groups excluding carboxylic acids is 2. The van der Waals surface area contributed by atoms with Crippen LogP contribution in [0, 0.1) is 0 Å². The quantitative estimate of drug-likeness (QED) is 0.233. The van der Waals surface area contributed by atoms with Gasteiger partial charge < -0.3 is 14.0 Å². The van der Waals surface area contributed by atoms with Crippen LogP contribution < -0.4 is 11.0 Å². The van der Waals surface area contributed by atoms with Gasteiger partial charge in [-0.3, -0.25) is 14.0 Å². The molecule has 1 aromatic carbocycles. The molecule has 0 radical (unpaired) electrons. The molecule has 4 aromatic rings. The summed E-state index contributed by atoms with van der Waals surface area (Å²) in [5, 5.41) is 0.194. The summed E-state index contributed by atoms with van der Waals surface area (Å²) < 4.78 is 13.4. The van der Waals surface area contributed by atoms with Gasteiger partial charge in [0.25, 0.3) is 11.5 Å². The molecule has 0 aliphatic rings. The number of rotatable bonds is 7. The molecule has 178 valence electrons. The Hall–Kier alpha value is -4.37. The normalized spacial score (nSPS) is 12.0. The highest BCUT2D eigenvalue weighted by molar-refractivity contribution is 5.95. The van der Waals surface area contributed by atoms with Gasteiger partial charge in [-0.05, 0) is 36.8 Å². The number of carbonyl (C=O) groups is 2. The van der Waals surface area contributed by atoms with Gasteiger partial charge in [0.1, 0.15) is 16.9 Å². The van der Waals surface area contributed by atoms with Crippen LogP contribution >= 0.6 is 0 Å². The van der Waals surface area contributed by atoms with Crippen molar-refractivity contribution in [2.24, 2.45) is 4.99 Å². The molecule has 0 aliphatic carbocycles. The third-order valence-corrected chi connectivity index (χ3v) is 5.24. The van der Waals surface area contributed by atoms with Gasteiger partial charge in [0, 0.05) is 25.9 Å². The third-order valence-electron chi connectivity index (χ3n) is 5.24. The first kappa shape index (κ1) is 23.8. The van der Waals surface area contributed by atoms with Crippen molar-refractivity contribution in [2.45, 2.75) is 13.5 Å². The van der Waals surface area contributed by atoms with Crippen LogP contribution in [0.4, 0.5) is 0 Å². The fourth-order valence-electron chi connectivity index (χ4n) is 3.63. The summed E-state index contributed by atoms with van der Waals surface area (Å²) in [5.41, 5.74) is 1.21. The Morgan fingerprint density at radius 3 is 2.63 bits per heavy atom. The van der Waals surface area contributed by atoms with Crippen molar-refractivity contribution in [1.82, 2.24) is 14.0 Å². The van der Waals surface area contributed by atoms with Crippen molar-refractivity contribution in [3.05, 3.63) is 93.8 Å². The minimum absolute atomic E-state index is 0.00769. The maximum Gasteiger partial charge on any atom is 0.341 e. The van der Waals surface area contributed by atoms with Gasteiger partial charge in [-0.2, -0.15) is 4.99 Å². The van der Waals surface area contributed by atoms with E-state index < -0.39 is 11.9 Å². The van der Waals surface area contributed by atoms with Crippen LogP contribution in [0.25, 0.3) is 22.8 Å². The van der Waals surface area contributed by atoms with Gasteiger partial charge in [0.05, 0.1) is 18.6 Å². The van der Waals surface area contributed by atoms with Crippen molar-refractivity contribution in [3.63, 3.8) is 0 Å². The lowest BCUT2D eigenvalue weighted by molar-refractivity contribution is -0.113. The van der Waals surface area contributed by atoms with E-state index in [0.29, 0.717) is 5.65 Å². The topological polar surface area (TPSA) is 104 Å². The highest BCUT2D eigenvalue weighted by Crippen LogP contribution is 2.12. The summed E-state index contributed by atoms with van der Waals surface area (Å²) in [6, 6.07) is 15.9. The van der Waals surface area contributed by atoms with Crippen molar-refractivity contribution in [3.8, 4) is 0 Å². The van der Waals surface area contributed by atoms with Gasteiger partial charge in [-0.15, -0.1) is 0 Å². The number of hydrogen-bond donors (Lipinski definition) is 0. The van der Waals surface area contributed by atoms with Crippen molar-refractivity contribution in [2.75, 3.05) is 20.3 Å². The summed E-state index contributed by atoms with van der Waals surface area (Å²) in [4.78, 5) is 47.8.